The molecule has 266 valence electrons. The summed E-state index contributed by atoms with van der Waals surface area (Å²) in [7, 11) is 188. The number of rotatable bonds is 4. The van der Waals surface area contributed by atoms with Crippen molar-refractivity contribution in [3.05, 3.63) is 0 Å². The molecule has 0 unspecified atom stereocenters. The fourth-order valence-corrected chi connectivity index (χ4v) is 9.97. The molecule has 0 spiro atoms. The fourth-order valence-electron chi connectivity index (χ4n) is 9.97. The quantitative estimate of drug-likeness (QED) is 0.127. The molecule has 0 aliphatic heterocycles. The van der Waals surface area contributed by atoms with Crippen molar-refractivity contribution in [2.24, 2.45) is 0 Å². The third-order valence-corrected chi connectivity index (χ3v) is 14.0. The van der Waals surface area contributed by atoms with Crippen molar-refractivity contribution < 1.29 is 4.42 Å². The maximum absolute atomic E-state index is 7.15. The number of hydrogen-bond acceptors (Lipinski definition) is 1. The lowest BCUT2D eigenvalue weighted by Crippen LogP contribution is -2.57. The largest absolute Gasteiger partial charge is 0.457 e. The van der Waals surface area contributed by atoms with Gasteiger partial charge in [-0.3, -0.25) is 0 Å². The molecule has 73 heavy (non-hydrogen) atoms. The van der Waals surface area contributed by atoms with Gasteiger partial charge in [-0.25, -0.2) is 0 Å². The van der Waals surface area contributed by atoms with Crippen LogP contribution in [0.1, 0.15) is 0 Å². The lowest BCUT2D eigenvalue weighted by atomic mass is 9.54. The van der Waals surface area contributed by atoms with E-state index in [1.54, 1.807) is 0 Å². The maximum atomic E-state index is 7.15. The molecule has 29 heteroatoms. The third-order valence-electron chi connectivity index (χ3n) is 14.0. The standard InChI is InChI=1S/C44B28O/c45-15-9(30(60)41(71)43-13(15)14-31(61)38(68)40(70)42(72)44(14)73-43)10-24(54)20(50)7(21(51)25(10)55)1-3-5(18(48)34(64)32(62)16(3)46)2(6-4(1)17(47)33(63)35(65)19(6)49)8-22(52)26(56)11(27(57)23(8)53)12-28(58)36(66)39(69)37(67)29(12)59. The normalized spacial score (nSPS) is 11.7. The first kappa shape index (κ1) is 53.7. The second-order valence-electron chi connectivity index (χ2n) is 17.6. The summed E-state index contributed by atoms with van der Waals surface area (Å²) < 4.78 is 6.07. The second-order valence-corrected chi connectivity index (χ2v) is 17.6. The number of hydrogen-bond donors (Lipinski definition) is 0. The molecule has 56 radical (unpaired) electrons. The van der Waals surface area contributed by atoms with Crippen molar-refractivity contribution in [3.63, 3.8) is 0 Å². The predicted octanol–water partition coefficient (Wildman–Crippen LogP) is -21.2. The first-order valence-electron chi connectivity index (χ1n) is 21.2. The lowest BCUT2D eigenvalue weighted by Gasteiger charge is -2.33. The number of furan rings is 1. The van der Waals surface area contributed by atoms with Crippen molar-refractivity contribution in [2.75, 3.05) is 0 Å². The fraction of sp³-hybridized carbons (Fsp3) is 0. The minimum Gasteiger partial charge on any atom is -0.457 e. The minimum atomic E-state index is -0.275. The van der Waals surface area contributed by atoms with Crippen LogP contribution in [0.15, 0.2) is 4.42 Å². The van der Waals surface area contributed by atoms with E-state index < -0.39 is 0 Å². The highest BCUT2D eigenvalue weighted by Gasteiger charge is 2.31. The van der Waals surface area contributed by atoms with E-state index in [9.17, 15) is 0 Å². The molecule has 8 aromatic carbocycles. The summed E-state index contributed by atoms with van der Waals surface area (Å²) in [6.07, 6.45) is 0. The Morgan fingerprint density at radius 1 is 0.123 bits per heavy atom. The molecule has 0 saturated heterocycles. The van der Waals surface area contributed by atoms with E-state index in [0.29, 0.717) is 0 Å². The van der Waals surface area contributed by atoms with E-state index in [0.717, 1.165) is 0 Å². The van der Waals surface area contributed by atoms with Gasteiger partial charge in [0.05, 0.1) is 0 Å². The van der Waals surface area contributed by atoms with Gasteiger partial charge in [0.15, 0.2) is 0 Å². The Balaban J connectivity index is 1.49. The topological polar surface area (TPSA) is 13.1 Å². The van der Waals surface area contributed by atoms with Crippen LogP contribution in [-0.2, 0) is 0 Å². The zero-order valence-electron chi connectivity index (χ0n) is 38.6. The Hall–Kier alpha value is -4.10. The smallest absolute Gasteiger partial charge is 0.127 e. The molecule has 1 aromatic heterocycles. The van der Waals surface area contributed by atoms with E-state index in [1.165, 1.54) is 0 Å². The molecule has 0 fully saturated rings. The zero-order valence-corrected chi connectivity index (χ0v) is 38.6. The molecule has 0 aliphatic rings. The Kier molecular flexibility index (Phi) is 13.5. The molecular formula is C44B28O. The Bertz CT molecular complexity index is 3950. The zero-order chi connectivity index (χ0) is 54.1. The van der Waals surface area contributed by atoms with Crippen LogP contribution < -0.4 is 153 Å². The molecule has 0 atom stereocenters. The average Bonchev–Trinajstić information content (AvgIpc) is 3.77. The average molecular weight is 847 g/mol. The van der Waals surface area contributed by atoms with Crippen molar-refractivity contribution >= 4 is 416 Å². The lowest BCUT2D eigenvalue weighted by molar-refractivity contribution is 0.675. The van der Waals surface area contributed by atoms with Crippen LogP contribution in [0.25, 0.3) is 88.0 Å². The summed E-state index contributed by atoms with van der Waals surface area (Å²) in [5.74, 6) is 0. The molecule has 0 amide bonds. The molecular weight excluding hydrogens is 847 g/mol. The van der Waals surface area contributed by atoms with E-state index in [1.807, 2.05) is 0 Å². The highest BCUT2D eigenvalue weighted by atomic mass is 16.3. The summed E-state index contributed by atoms with van der Waals surface area (Å²) in [5.41, 5.74) is -5.35. The van der Waals surface area contributed by atoms with E-state index in [2.05, 4.69) is 0 Å². The van der Waals surface area contributed by atoms with Crippen molar-refractivity contribution in [1.82, 2.24) is 0 Å². The number of fused-ring (bicyclic) bond motifs is 5. The summed E-state index contributed by atoms with van der Waals surface area (Å²) in [4.78, 5) is 0. The van der Waals surface area contributed by atoms with Gasteiger partial charge in [0.1, 0.15) is 231 Å². The van der Waals surface area contributed by atoms with Gasteiger partial charge in [-0.05, 0) is 66.1 Å². The molecule has 1 nitrogen and oxygen atoms in total. The monoisotopic (exact) mass is 852 g/mol. The SMILES string of the molecule is [B]c1c([B])c([B])c(-c2c([B])c([B])c(-c3c4c([B])c([B])c([B])c([B])c4c(-c4c([B])c([B])c(-c5c([B])c([B])c6oc7c([B])c([B])c([B])c([B])c7c6c5[B])c([B])c4[B])c4c([B])c([B])c([B])c([B])c34)c([B])c2[B])c([B])c1[B]. The van der Waals surface area contributed by atoms with E-state index in [-0.39, 0.29) is 241 Å². The van der Waals surface area contributed by atoms with Crippen LogP contribution in [0.4, 0.5) is 0 Å². The van der Waals surface area contributed by atoms with Gasteiger partial charge in [0.2, 0.25) is 0 Å². The van der Waals surface area contributed by atoms with Crippen molar-refractivity contribution in [2.45, 2.75) is 0 Å². The minimum absolute atomic E-state index is 0.00734. The first-order valence-corrected chi connectivity index (χ1v) is 21.2. The van der Waals surface area contributed by atoms with Crippen LogP contribution >= 0.6 is 0 Å². The number of benzene rings is 8. The van der Waals surface area contributed by atoms with Gasteiger partial charge in [0, 0.05) is 10.8 Å². The van der Waals surface area contributed by atoms with Gasteiger partial charge < -0.3 is 4.42 Å². The van der Waals surface area contributed by atoms with Gasteiger partial charge in [-0.15, -0.1) is 49.2 Å². The molecule has 0 bridgehead atoms. The van der Waals surface area contributed by atoms with Crippen LogP contribution in [0.5, 0.6) is 0 Å². The summed E-state index contributed by atoms with van der Waals surface area (Å²) in [6, 6.07) is 0. The predicted molar refractivity (Wildman–Crippen MR) is 341 cm³/mol. The maximum Gasteiger partial charge on any atom is 0.127 e. The summed E-state index contributed by atoms with van der Waals surface area (Å²) >= 11 is 0. The highest BCUT2D eigenvalue weighted by molar-refractivity contribution is 6.77. The molecule has 0 saturated carbocycles. The Labute approximate surface area is 461 Å². The Morgan fingerprint density at radius 2 is 0.274 bits per heavy atom. The van der Waals surface area contributed by atoms with Crippen molar-refractivity contribution in [3.8, 4) is 44.5 Å². The van der Waals surface area contributed by atoms with Gasteiger partial charge >= 0.3 is 0 Å². The molecule has 9 rings (SSSR count). The van der Waals surface area contributed by atoms with E-state index in [4.69, 9.17) is 224 Å². The van der Waals surface area contributed by atoms with Crippen LogP contribution in [0, 0.1) is 0 Å². The van der Waals surface area contributed by atoms with Crippen molar-refractivity contribution in [1.29, 1.82) is 0 Å². The Morgan fingerprint density at radius 3 is 0.562 bits per heavy atom. The summed E-state index contributed by atoms with van der Waals surface area (Å²) in [6.45, 7) is 0. The molecule has 9 aromatic rings. The van der Waals surface area contributed by atoms with E-state index >= 15 is 0 Å². The molecule has 0 aliphatic carbocycles. The van der Waals surface area contributed by atoms with Crippen LogP contribution in [0.3, 0.4) is 0 Å². The molecule has 1 heterocycles. The highest BCUT2D eigenvalue weighted by Crippen LogP contribution is 2.39. The van der Waals surface area contributed by atoms with Gasteiger partial charge in [-0.1, -0.05) is 104 Å². The van der Waals surface area contributed by atoms with Gasteiger partial charge in [-0.2, -0.15) is 0 Å². The van der Waals surface area contributed by atoms with Crippen LogP contribution in [-0.4, -0.2) is 220 Å². The molecule has 0 N–H and O–H groups in total. The third kappa shape index (κ3) is 7.09. The first-order chi connectivity index (χ1) is 34.0. The second kappa shape index (κ2) is 18.3. The summed E-state index contributed by atoms with van der Waals surface area (Å²) in [5, 5.41) is 0.136. The van der Waals surface area contributed by atoms with Gasteiger partial charge in [0.25, 0.3) is 0 Å². The van der Waals surface area contributed by atoms with Crippen LogP contribution in [0.2, 0.25) is 0 Å².